The van der Waals surface area contributed by atoms with Crippen LogP contribution in [0.2, 0.25) is 0 Å². The first-order valence-electron chi connectivity index (χ1n) is 6.09. The Morgan fingerprint density at radius 1 is 1.24 bits per heavy atom. The average Bonchev–Trinajstić information content (AvgIpc) is 2.31. The summed E-state index contributed by atoms with van der Waals surface area (Å²) in [5.74, 6) is -0.408. The minimum Gasteiger partial charge on any atom is -0.466 e. The van der Waals surface area contributed by atoms with E-state index in [1.807, 2.05) is 0 Å². The number of aliphatic hydroxyl groups excluding tert-OH is 1. The summed E-state index contributed by atoms with van der Waals surface area (Å²) in [6.45, 7) is 2.18. The van der Waals surface area contributed by atoms with Crippen molar-refractivity contribution < 1.29 is 24.1 Å². The maximum atomic E-state index is 11.3. The Labute approximate surface area is 103 Å². The number of aliphatic hydroxyl groups is 1. The molecule has 0 aliphatic rings. The molecule has 102 valence electrons. The van der Waals surface area contributed by atoms with Crippen molar-refractivity contribution in [2.24, 2.45) is 0 Å². The smallest absolute Gasteiger partial charge is 0.306 e. The highest BCUT2D eigenvalue weighted by Crippen LogP contribution is 2.40. The second-order valence-electron chi connectivity index (χ2n) is 3.99. The summed E-state index contributed by atoms with van der Waals surface area (Å²) in [6.07, 6.45) is 3.61. The summed E-state index contributed by atoms with van der Waals surface area (Å²) < 4.78 is 16.2. The van der Waals surface area contributed by atoms with Crippen LogP contribution in [0.25, 0.3) is 0 Å². The molecule has 1 atom stereocenters. The van der Waals surface area contributed by atoms with Gasteiger partial charge in [-0.25, -0.2) is 0 Å². The van der Waals surface area contributed by atoms with E-state index in [0.717, 1.165) is 25.7 Å². The number of hydrogen-bond acceptors (Lipinski definition) is 4. The topological polar surface area (TPSA) is 83.8 Å². The van der Waals surface area contributed by atoms with Crippen LogP contribution in [0.5, 0.6) is 0 Å². The number of carbonyl (C=O) groups is 1. The molecular weight excluding hydrogens is 243 g/mol. The summed E-state index contributed by atoms with van der Waals surface area (Å²) in [6, 6.07) is 0. The normalized spacial score (nSPS) is 14.3. The van der Waals surface area contributed by atoms with Gasteiger partial charge in [-0.05, 0) is 19.3 Å². The molecule has 0 aromatic carbocycles. The van der Waals surface area contributed by atoms with Gasteiger partial charge >= 0.3 is 5.97 Å². The fourth-order valence-corrected chi connectivity index (χ4v) is 2.10. The molecule has 0 aromatic heterocycles. The lowest BCUT2D eigenvalue weighted by molar-refractivity contribution is -0.143. The average molecular weight is 266 g/mol. The minimum absolute atomic E-state index is 0.00679. The van der Waals surface area contributed by atoms with E-state index in [9.17, 15) is 14.3 Å². The van der Waals surface area contributed by atoms with Crippen LogP contribution in [0.4, 0.5) is 0 Å². The molecule has 17 heavy (non-hydrogen) atoms. The fraction of sp³-hybridized carbons (Fsp3) is 0.909. The van der Waals surface area contributed by atoms with Gasteiger partial charge in [0.25, 0.3) is 0 Å². The fourth-order valence-electron chi connectivity index (χ4n) is 1.25. The Bertz CT molecular complexity index is 254. The van der Waals surface area contributed by atoms with E-state index in [1.54, 1.807) is 6.92 Å². The van der Waals surface area contributed by atoms with Gasteiger partial charge in [0.2, 0.25) is 7.37 Å². The second-order valence-corrected chi connectivity index (χ2v) is 6.77. The summed E-state index contributed by atoms with van der Waals surface area (Å²) >= 11 is 0. The van der Waals surface area contributed by atoms with Crippen LogP contribution in [0, 0.1) is 0 Å². The molecular formula is C11H23O5P. The van der Waals surface area contributed by atoms with Gasteiger partial charge in [0.05, 0.1) is 13.0 Å². The lowest BCUT2D eigenvalue weighted by atomic mass is 10.2. The highest BCUT2D eigenvalue weighted by molar-refractivity contribution is 7.57. The third-order valence-electron chi connectivity index (χ3n) is 2.47. The third kappa shape index (κ3) is 10.5. The van der Waals surface area contributed by atoms with Crippen molar-refractivity contribution >= 4 is 13.3 Å². The van der Waals surface area contributed by atoms with E-state index in [-0.39, 0.29) is 25.4 Å². The van der Waals surface area contributed by atoms with Crippen molar-refractivity contribution in [3.8, 4) is 0 Å². The number of ether oxygens (including phenoxy) is 1. The van der Waals surface area contributed by atoms with Gasteiger partial charge in [-0.3, -0.25) is 9.36 Å². The molecule has 0 heterocycles. The maximum Gasteiger partial charge on any atom is 0.306 e. The number of hydrogen-bond donors (Lipinski definition) is 2. The Balaban J connectivity index is 3.44. The van der Waals surface area contributed by atoms with Crippen molar-refractivity contribution in [2.45, 2.75) is 39.0 Å². The molecule has 0 saturated heterocycles. The first-order valence-corrected chi connectivity index (χ1v) is 8.12. The van der Waals surface area contributed by atoms with Crippen molar-refractivity contribution in [2.75, 3.05) is 25.5 Å². The summed E-state index contributed by atoms with van der Waals surface area (Å²) in [7, 11) is -3.11. The van der Waals surface area contributed by atoms with Crippen molar-refractivity contribution in [1.82, 2.24) is 0 Å². The Morgan fingerprint density at radius 3 is 2.47 bits per heavy atom. The molecule has 2 N–H and O–H groups in total. The largest absolute Gasteiger partial charge is 0.466 e. The molecule has 0 saturated carbocycles. The van der Waals surface area contributed by atoms with Gasteiger partial charge in [0.15, 0.2) is 0 Å². The Kier molecular flexibility index (Phi) is 9.41. The lowest BCUT2D eigenvalue weighted by Gasteiger charge is -2.08. The number of rotatable bonds is 10. The van der Waals surface area contributed by atoms with E-state index >= 15 is 0 Å². The van der Waals surface area contributed by atoms with Gasteiger partial charge in [-0.2, -0.15) is 0 Å². The zero-order valence-electron chi connectivity index (χ0n) is 10.4. The molecule has 0 aliphatic heterocycles. The molecule has 0 spiro atoms. The van der Waals surface area contributed by atoms with Gasteiger partial charge in [-0.1, -0.05) is 13.3 Å². The van der Waals surface area contributed by atoms with Gasteiger partial charge in [0.1, 0.15) is 0 Å². The SMILES string of the molecule is CCP(=O)(O)CCC(=O)OCCCCCCO. The highest BCUT2D eigenvalue weighted by Gasteiger charge is 2.17. The first kappa shape index (κ1) is 16.6. The van der Waals surface area contributed by atoms with Crippen molar-refractivity contribution in [3.63, 3.8) is 0 Å². The third-order valence-corrected chi connectivity index (χ3v) is 4.39. The summed E-state index contributed by atoms with van der Waals surface area (Å²) in [5.41, 5.74) is 0. The second kappa shape index (κ2) is 9.63. The molecule has 6 heteroatoms. The van der Waals surface area contributed by atoms with Crippen LogP contribution in [0.15, 0.2) is 0 Å². The van der Waals surface area contributed by atoms with Crippen LogP contribution >= 0.6 is 7.37 Å². The minimum atomic E-state index is -3.11. The van der Waals surface area contributed by atoms with E-state index in [1.165, 1.54) is 0 Å². The molecule has 0 bridgehead atoms. The molecule has 0 aromatic rings. The maximum absolute atomic E-state index is 11.3. The predicted molar refractivity (Wildman–Crippen MR) is 66.4 cm³/mol. The van der Waals surface area contributed by atoms with Gasteiger partial charge in [0, 0.05) is 18.9 Å². The summed E-state index contributed by atoms with van der Waals surface area (Å²) in [5, 5.41) is 8.55. The molecule has 5 nitrogen and oxygen atoms in total. The van der Waals surface area contributed by atoms with Crippen LogP contribution < -0.4 is 0 Å². The molecule has 0 rings (SSSR count). The van der Waals surface area contributed by atoms with Crippen LogP contribution in [0.3, 0.4) is 0 Å². The predicted octanol–water partition coefficient (Wildman–Crippen LogP) is 1.76. The first-order chi connectivity index (χ1) is 8.02. The molecule has 0 fully saturated rings. The van der Waals surface area contributed by atoms with Gasteiger partial charge in [-0.15, -0.1) is 0 Å². The highest BCUT2D eigenvalue weighted by atomic mass is 31.2. The Hall–Kier alpha value is -0.380. The lowest BCUT2D eigenvalue weighted by Crippen LogP contribution is -2.08. The van der Waals surface area contributed by atoms with E-state index in [4.69, 9.17) is 9.84 Å². The molecule has 0 aliphatic carbocycles. The molecule has 0 amide bonds. The van der Waals surface area contributed by atoms with Crippen molar-refractivity contribution in [1.29, 1.82) is 0 Å². The quantitative estimate of drug-likeness (QED) is 0.357. The van der Waals surface area contributed by atoms with E-state index in [2.05, 4.69) is 0 Å². The number of esters is 1. The standard InChI is InChI=1S/C11H23O5P/c1-2-17(14,15)10-7-11(13)16-9-6-4-3-5-8-12/h12H,2-10H2,1H3,(H,14,15). The monoisotopic (exact) mass is 266 g/mol. The van der Waals surface area contributed by atoms with Crippen molar-refractivity contribution in [3.05, 3.63) is 0 Å². The van der Waals surface area contributed by atoms with E-state index in [0.29, 0.717) is 6.61 Å². The number of unbranched alkanes of at least 4 members (excludes halogenated alkanes) is 3. The zero-order valence-corrected chi connectivity index (χ0v) is 11.3. The molecule has 0 radical (unpaired) electrons. The zero-order chi connectivity index (χ0) is 13.1. The van der Waals surface area contributed by atoms with E-state index < -0.39 is 13.3 Å². The summed E-state index contributed by atoms with van der Waals surface area (Å²) in [4.78, 5) is 20.5. The van der Waals surface area contributed by atoms with Gasteiger partial charge < -0.3 is 14.7 Å². The van der Waals surface area contributed by atoms with Crippen LogP contribution in [-0.2, 0) is 14.1 Å². The van der Waals surface area contributed by atoms with Crippen LogP contribution in [-0.4, -0.2) is 41.5 Å². The Morgan fingerprint density at radius 2 is 1.88 bits per heavy atom. The van der Waals surface area contributed by atoms with Crippen LogP contribution in [0.1, 0.15) is 39.0 Å². The number of carbonyl (C=O) groups excluding carboxylic acids is 1. The molecule has 1 unspecified atom stereocenters.